The molecular weight excluding hydrogens is 334 g/mol. The molecule has 3 nitrogen and oxygen atoms in total. The molecule has 0 bridgehead atoms. The second-order valence-electron chi connectivity index (χ2n) is 9.09. The number of aliphatic carboxylic acids is 1. The van der Waals surface area contributed by atoms with Crippen molar-refractivity contribution >= 4 is 11.7 Å². The Morgan fingerprint density at radius 1 is 0.741 bits per heavy atom. The summed E-state index contributed by atoms with van der Waals surface area (Å²) in [6.45, 7) is 9.13. The van der Waals surface area contributed by atoms with Crippen LogP contribution in [0, 0.1) is 11.8 Å². The first-order valence-corrected chi connectivity index (χ1v) is 11.5. The normalized spacial score (nSPS) is 14.1. The molecule has 3 heteroatoms. The van der Waals surface area contributed by atoms with E-state index >= 15 is 0 Å². The molecule has 1 heterocycles. The molecule has 0 aliphatic carbocycles. The molecule has 0 atom stereocenters. The topological polar surface area (TPSA) is 49.7 Å². The largest absolute Gasteiger partial charge is 0.477 e. The van der Waals surface area contributed by atoms with Crippen molar-refractivity contribution in [2.75, 3.05) is 0 Å². The molecule has 0 saturated carbocycles. The van der Waals surface area contributed by atoms with Gasteiger partial charge in [-0.15, -0.1) is 0 Å². The van der Waals surface area contributed by atoms with E-state index in [0.717, 1.165) is 48.8 Å². The van der Waals surface area contributed by atoms with E-state index in [1.807, 2.05) is 0 Å². The minimum Gasteiger partial charge on any atom is -0.477 e. The summed E-state index contributed by atoms with van der Waals surface area (Å²) in [5, 5.41) is 9.29. The first-order valence-electron chi connectivity index (χ1n) is 11.5. The summed E-state index contributed by atoms with van der Waals surface area (Å²) >= 11 is 0. The fourth-order valence-corrected chi connectivity index (χ4v) is 3.76. The van der Waals surface area contributed by atoms with Crippen LogP contribution in [0.3, 0.4) is 0 Å². The number of unbranched alkanes of at least 4 members (excludes halogenated alkanes) is 8. The SMILES string of the molecule is CC(C)CCCCCCCC1=C(CCCCCCCC(C)C)C(C(=O)O)=N1. The minimum absolute atomic E-state index is 0.335. The van der Waals surface area contributed by atoms with E-state index in [9.17, 15) is 9.90 Å². The van der Waals surface area contributed by atoms with Crippen molar-refractivity contribution < 1.29 is 9.90 Å². The lowest BCUT2D eigenvalue weighted by Gasteiger charge is -2.20. The zero-order valence-electron chi connectivity index (χ0n) is 18.4. The van der Waals surface area contributed by atoms with E-state index in [2.05, 4.69) is 32.7 Å². The highest BCUT2D eigenvalue weighted by atomic mass is 16.4. The molecule has 27 heavy (non-hydrogen) atoms. The molecule has 0 aromatic rings. The van der Waals surface area contributed by atoms with Crippen LogP contribution < -0.4 is 0 Å². The van der Waals surface area contributed by atoms with Crippen molar-refractivity contribution in [3.8, 4) is 0 Å². The van der Waals surface area contributed by atoms with Gasteiger partial charge in [-0.3, -0.25) is 0 Å². The Bertz CT molecular complexity index is 489. The number of allylic oxidation sites excluding steroid dienone is 1. The number of carbonyl (C=O) groups is 1. The van der Waals surface area contributed by atoms with Gasteiger partial charge in [0.1, 0.15) is 0 Å². The van der Waals surface area contributed by atoms with Gasteiger partial charge < -0.3 is 5.11 Å². The molecule has 0 fully saturated rings. The summed E-state index contributed by atoms with van der Waals surface area (Å²) in [6, 6.07) is 0. The third-order valence-electron chi connectivity index (χ3n) is 5.49. The van der Waals surface area contributed by atoms with Crippen LogP contribution in [0.2, 0.25) is 0 Å². The highest BCUT2D eigenvalue weighted by molar-refractivity contribution is 6.45. The lowest BCUT2D eigenvalue weighted by Crippen LogP contribution is -2.24. The van der Waals surface area contributed by atoms with Crippen molar-refractivity contribution in [2.24, 2.45) is 16.8 Å². The summed E-state index contributed by atoms with van der Waals surface area (Å²) in [5.41, 5.74) is 2.46. The number of nitrogens with zero attached hydrogens (tertiary/aromatic N) is 1. The highest BCUT2D eigenvalue weighted by Crippen LogP contribution is 2.29. The lowest BCUT2D eigenvalue weighted by molar-refractivity contribution is -0.129. The Balaban J connectivity index is 2.19. The van der Waals surface area contributed by atoms with Gasteiger partial charge in [0.2, 0.25) is 0 Å². The number of rotatable bonds is 17. The number of carboxylic acid groups (broad SMARTS) is 1. The van der Waals surface area contributed by atoms with E-state index in [0.29, 0.717) is 5.71 Å². The van der Waals surface area contributed by atoms with Gasteiger partial charge in [-0.2, -0.15) is 0 Å². The second-order valence-corrected chi connectivity index (χ2v) is 9.09. The van der Waals surface area contributed by atoms with Crippen LogP contribution in [0.15, 0.2) is 16.3 Å². The van der Waals surface area contributed by atoms with Crippen LogP contribution in [0.5, 0.6) is 0 Å². The standard InChI is InChI=1S/C24H43NO2/c1-19(2)15-11-7-5-9-13-17-21-22(25-23(21)24(26)27)18-14-10-6-8-12-16-20(3)4/h19-20H,5-18H2,1-4H3,(H,26,27). The lowest BCUT2D eigenvalue weighted by atomic mass is 9.92. The third-order valence-corrected chi connectivity index (χ3v) is 5.49. The maximum atomic E-state index is 11.3. The monoisotopic (exact) mass is 377 g/mol. The molecule has 1 aliphatic heterocycles. The van der Waals surface area contributed by atoms with Crippen molar-refractivity contribution in [1.29, 1.82) is 0 Å². The van der Waals surface area contributed by atoms with Gasteiger partial charge in [-0.05, 0) is 37.5 Å². The summed E-state index contributed by atoms with van der Waals surface area (Å²) in [5.74, 6) is 0.767. The van der Waals surface area contributed by atoms with Crippen LogP contribution in [-0.2, 0) is 4.79 Å². The van der Waals surface area contributed by atoms with Crippen molar-refractivity contribution in [1.82, 2.24) is 0 Å². The minimum atomic E-state index is -0.848. The van der Waals surface area contributed by atoms with Crippen molar-refractivity contribution in [3.63, 3.8) is 0 Å². The molecule has 0 aromatic carbocycles. The fourth-order valence-electron chi connectivity index (χ4n) is 3.76. The second kappa shape index (κ2) is 14.0. The summed E-state index contributed by atoms with van der Waals surface area (Å²) in [7, 11) is 0. The molecule has 1 rings (SSSR count). The van der Waals surface area contributed by atoms with Crippen LogP contribution in [0.4, 0.5) is 0 Å². The van der Waals surface area contributed by atoms with Gasteiger partial charge in [0.15, 0.2) is 5.71 Å². The maximum absolute atomic E-state index is 11.3. The summed E-state index contributed by atoms with van der Waals surface area (Å²) in [6.07, 6.45) is 17.1. The summed E-state index contributed by atoms with van der Waals surface area (Å²) < 4.78 is 0. The molecule has 0 radical (unpaired) electrons. The van der Waals surface area contributed by atoms with E-state index in [4.69, 9.17) is 0 Å². The average molecular weight is 378 g/mol. The molecule has 1 N–H and O–H groups in total. The number of hydrogen-bond acceptors (Lipinski definition) is 2. The smallest absolute Gasteiger partial charge is 0.354 e. The van der Waals surface area contributed by atoms with Crippen molar-refractivity contribution in [2.45, 2.75) is 118 Å². The fraction of sp³-hybridized carbons (Fsp3) is 0.833. The van der Waals surface area contributed by atoms with Gasteiger partial charge >= 0.3 is 5.97 Å². The molecule has 0 amide bonds. The Hall–Kier alpha value is -1.12. The van der Waals surface area contributed by atoms with E-state index in [1.165, 1.54) is 64.2 Å². The molecule has 156 valence electrons. The first kappa shape index (κ1) is 23.9. The number of carboxylic acids is 1. The molecule has 1 aliphatic rings. The maximum Gasteiger partial charge on any atom is 0.354 e. The van der Waals surface area contributed by atoms with E-state index < -0.39 is 5.97 Å². The Morgan fingerprint density at radius 3 is 1.67 bits per heavy atom. The Labute approximate surface area is 167 Å². The zero-order valence-corrected chi connectivity index (χ0v) is 18.4. The van der Waals surface area contributed by atoms with Gasteiger partial charge in [0.25, 0.3) is 0 Å². The first-order chi connectivity index (χ1) is 12.9. The van der Waals surface area contributed by atoms with Gasteiger partial charge in [0, 0.05) is 11.3 Å². The van der Waals surface area contributed by atoms with Gasteiger partial charge in [0.05, 0.1) is 0 Å². The molecule has 0 spiro atoms. The van der Waals surface area contributed by atoms with Crippen molar-refractivity contribution in [3.05, 3.63) is 11.3 Å². The number of hydrogen-bond donors (Lipinski definition) is 1. The number of aliphatic imine (C=N–C) groups is 1. The summed E-state index contributed by atoms with van der Waals surface area (Å²) in [4.78, 5) is 15.6. The third kappa shape index (κ3) is 10.7. The molecule has 0 aromatic heterocycles. The Morgan fingerprint density at radius 2 is 1.19 bits per heavy atom. The highest BCUT2D eigenvalue weighted by Gasteiger charge is 2.26. The molecular formula is C24H43NO2. The zero-order chi connectivity index (χ0) is 20.1. The van der Waals surface area contributed by atoms with Crippen LogP contribution in [0.1, 0.15) is 118 Å². The average Bonchev–Trinajstić information content (AvgIpc) is 2.57. The van der Waals surface area contributed by atoms with E-state index in [1.54, 1.807) is 0 Å². The van der Waals surface area contributed by atoms with E-state index in [-0.39, 0.29) is 0 Å². The van der Waals surface area contributed by atoms with Crippen LogP contribution in [0.25, 0.3) is 0 Å². The Kier molecular flexibility index (Phi) is 12.4. The van der Waals surface area contributed by atoms with Crippen LogP contribution in [-0.4, -0.2) is 16.8 Å². The molecule has 0 unspecified atom stereocenters. The predicted octanol–water partition coefficient (Wildman–Crippen LogP) is 7.55. The van der Waals surface area contributed by atoms with Gasteiger partial charge in [-0.25, -0.2) is 9.79 Å². The van der Waals surface area contributed by atoms with Gasteiger partial charge in [-0.1, -0.05) is 91.9 Å². The molecule has 0 saturated heterocycles. The predicted molar refractivity (Wildman–Crippen MR) is 116 cm³/mol. The van der Waals surface area contributed by atoms with Crippen LogP contribution >= 0.6 is 0 Å². The quantitative estimate of drug-likeness (QED) is 0.266.